The molecule has 4 heteroatoms. The van der Waals surface area contributed by atoms with Crippen molar-refractivity contribution in [2.45, 2.75) is 6.92 Å². The van der Waals surface area contributed by atoms with Gasteiger partial charge in [0.05, 0.1) is 0 Å². The summed E-state index contributed by atoms with van der Waals surface area (Å²) in [6.45, 7) is 2.25. The minimum absolute atomic E-state index is 0.294. The summed E-state index contributed by atoms with van der Waals surface area (Å²) in [5.74, 6) is 0. The van der Waals surface area contributed by atoms with Crippen molar-refractivity contribution < 1.29 is 4.79 Å². The van der Waals surface area contributed by atoms with Crippen molar-refractivity contribution in [3.63, 3.8) is 0 Å². The Kier molecular flexibility index (Phi) is 4.13. The predicted molar refractivity (Wildman–Crippen MR) is 59.6 cm³/mol. The molecule has 4 nitrogen and oxygen atoms in total. The molecule has 0 heterocycles. The third kappa shape index (κ3) is 3.29. The maximum atomic E-state index is 10.7. The molecule has 0 aromatic heterocycles. The summed E-state index contributed by atoms with van der Waals surface area (Å²) in [5, 5.41) is 3.37. The van der Waals surface area contributed by atoms with Crippen LogP contribution in [-0.4, -0.2) is 12.8 Å². The minimum atomic E-state index is 0.294. The van der Waals surface area contributed by atoms with Gasteiger partial charge in [-0.2, -0.15) is 0 Å². The lowest BCUT2D eigenvalue weighted by molar-refractivity contribution is 0.112. The number of azide groups is 1. The summed E-state index contributed by atoms with van der Waals surface area (Å²) in [6, 6.07) is 5.57. The molecule has 0 aliphatic heterocycles. The smallest absolute Gasteiger partial charge is 0.150 e. The molecular formula is C11H11N3O. The molecule has 0 radical (unpaired) electrons. The second-order valence-electron chi connectivity index (χ2n) is 3.07. The van der Waals surface area contributed by atoms with E-state index >= 15 is 0 Å². The Balaban J connectivity index is 2.91. The van der Waals surface area contributed by atoms with Gasteiger partial charge in [-0.1, -0.05) is 41.0 Å². The molecule has 0 unspecified atom stereocenters. The Morgan fingerprint density at radius 1 is 1.47 bits per heavy atom. The van der Waals surface area contributed by atoms with Crippen LogP contribution in [0.4, 0.5) is 0 Å². The zero-order valence-corrected chi connectivity index (χ0v) is 8.42. The van der Waals surface area contributed by atoms with Crippen molar-refractivity contribution in [1.82, 2.24) is 0 Å². The number of benzene rings is 1. The number of carbonyl (C=O) groups is 1. The lowest BCUT2D eigenvalue weighted by Gasteiger charge is -1.99. The molecule has 0 saturated heterocycles. The second kappa shape index (κ2) is 5.62. The number of rotatable bonds is 4. The molecule has 0 bridgehead atoms. The molecule has 1 aromatic carbocycles. The third-order valence-corrected chi connectivity index (χ3v) is 1.92. The maximum Gasteiger partial charge on any atom is 0.150 e. The summed E-state index contributed by atoms with van der Waals surface area (Å²) in [6.07, 6.45) is 4.32. The topological polar surface area (TPSA) is 65.8 Å². The molecule has 0 spiro atoms. The van der Waals surface area contributed by atoms with Crippen molar-refractivity contribution in [1.29, 1.82) is 0 Å². The quantitative estimate of drug-likeness (QED) is 0.319. The number of aryl methyl sites for hydroxylation is 1. The van der Waals surface area contributed by atoms with Crippen LogP contribution in [0.1, 0.15) is 21.5 Å². The zero-order chi connectivity index (χ0) is 11.1. The minimum Gasteiger partial charge on any atom is -0.298 e. The summed E-state index contributed by atoms with van der Waals surface area (Å²) in [5.41, 5.74) is 10.6. The van der Waals surface area contributed by atoms with Crippen LogP contribution in [-0.2, 0) is 0 Å². The van der Waals surface area contributed by atoms with E-state index in [-0.39, 0.29) is 0 Å². The third-order valence-electron chi connectivity index (χ3n) is 1.92. The van der Waals surface area contributed by atoms with Gasteiger partial charge in [-0.15, -0.1) is 0 Å². The fraction of sp³-hybridized carbons (Fsp3) is 0.182. The molecule has 1 aromatic rings. The first-order valence-corrected chi connectivity index (χ1v) is 4.51. The highest BCUT2D eigenvalue weighted by Crippen LogP contribution is 2.11. The fourth-order valence-corrected chi connectivity index (χ4v) is 1.21. The van der Waals surface area contributed by atoms with Gasteiger partial charge < -0.3 is 0 Å². The van der Waals surface area contributed by atoms with Gasteiger partial charge in [0.2, 0.25) is 0 Å². The van der Waals surface area contributed by atoms with E-state index in [1.807, 2.05) is 19.1 Å². The van der Waals surface area contributed by atoms with E-state index in [1.54, 1.807) is 18.2 Å². The van der Waals surface area contributed by atoms with Crippen molar-refractivity contribution in [3.8, 4) is 0 Å². The number of hydrogen-bond donors (Lipinski definition) is 0. The molecule has 0 fully saturated rings. The monoisotopic (exact) mass is 201 g/mol. The summed E-state index contributed by atoms with van der Waals surface area (Å²) in [4.78, 5) is 13.3. The largest absolute Gasteiger partial charge is 0.298 e. The molecule has 0 atom stereocenters. The van der Waals surface area contributed by atoms with Crippen LogP contribution in [0, 0.1) is 6.92 Å². The van der Waals surface area contributed by atoms with Crippen molar-refractivity contribution >= 4 is 12.4 Å². The molecule has 0 amide bonds. The van der Waals surface area contributed by atoms with Crippen molar-refractivity contribution in [2.24, 2.45) is 5.11 Å². The average Bonchev–Trinajstić information content (AvgIpc) is 2.25. The number of carbonyl (C=O) groups excluding carboxylic acids is 1. The Morgan fingerprint density at radius 2 is 2.27 bits per heavy atom. The molecule has 0 N–H and O–H groups in total. The molecule has 15 heavy (non-hydrogen) atoms. The highest BCUT2D eigenvalue weighted by molar-refractivity contribution is 5.82. The van der Waals surface area contributed by atoms with Gasteiger partial charge >= 0.3 is 0 Å². The Labute approximate surface area is 87.9 Å². The first-order valence-electron chi connectivity index (χ1n) is 4.51. The van der Waals surface area contributed by atoms with Gasteiger partial charge in [-0.05, 0) is 18.0 Å². The number of hydrogen-bond acceptors (Lipinski definition) is 2. The van der Waals surface area contributed by atoms with Crippen LogP contribution in [0.5, 0.6) is 0 Å². The van der Waals surface area contributed by atoms with Crippen LogP contribution in [0.15, 0.2) is 29.4 Å². The lowest BCUT2D eigenvalue weighted by atomic mass is 10.1. The van der Waals surface area contributed by atoms with Crippen LogP contribution in [0.2, 0.25) is 0 Å². The van der Waals surface area contributed by atoms with Gasteiger partial charge in [0.1, 0.15) is 0 Å². The van der Waals surface area contributed by atoms with Crippen LogP contribution >= 0.6 is 0 Å². The first kappa shape index (κ1) is 11.0. The van der Waals surface area contributed by atoms with E-state index in [2.05, 4.69) is 10.0 Å². The van der Waals surface area contributed by atoms with E-state index in [4.69, 9.17) is 5.53 Å². The normalized spacial score (nSPS) is 9.93. The van der Waals surface area contributed by atoms with Gasteiger partial charge in [-0.25, -0.2) is 0 Å². The first-order chi connectivity index (χ1) is 7.27. The maximum absolute atomic E-state index is 10.7. The number of nitrogens with zero attached hydrogens (tertiary/aromatic N) is 3. The zero-order valence-electron chi connectivity index (χ0n) is 8.42. The van der Waals surface area contributed by atoms with Gasteiger partial charge in [-0.3, -0.25) is 4.79 Å². The van der Waals surface area contributed by atoms with E-state index in [9.17, 15) is 4.79 Å². The highest BCUT2D eigenvalue weighted by Gasteiger charge is 1.97. The fourth-order valence-electron chi connectivity index (χ4n) is 1.21. The molecule has 1 rings (SSSR count). The summed E-state index contributed by atoms with van der Waals surface area (Å²) < 4.78 is 0. The van der Waals surface area contributed by atoms with Crippen LogP contribution < -0.4 is 0 Å². The molecule has 76 valence electrons. The highest BCUT2D eigenvalue weighted by atomic mass is 16.1. The summed E-state index contributed by atoms with van der Waals surface area (Å²) in [7, 11) is 0. The molecule has 0 saturated carbocycles. The van der Waals surface area contributed by atoms with Gasteiger partial charge in [0, 0.05) is 17.0 Å². The van der Waals surface area contributed by atoms with Crippen LogP contribution in [0.25, 0.3) is 16.5 Å². The standard InChI is InChI=1S/C11H11N3O/c1-9-4-5-11(8-15)10(7-9)3-2-6-13-14-12/h2-5,7-8H,6H2,1H3. The molecular weight excluding hydrogens is 190 g/mol. The second-order valence-corrected chi connectivity index (χ2v) is 3.07. The Morgan fingerprint density at radius 3 is 2.93 bits per heavy atom. The number of aldehydes is 1. The Hall–Kier alpha value is -2.06. The average molecular weight is 201 g/mol. The predicted octanol–water partition coefficient (Wildman–Crippen LogP) is 3.13. The molecule has 0 aliphatic rings. The van der Waals surface area contributed by atoms with Crippen LogP contribution in [0.3, 0.4) is 0 Å². The van der Waals surface area contributed by atoms with Crippen molar-refractivity contribution in [2.75, 3.05) is 6.54 Å². The summed E-state index contributed by atoms with van der Waals surface area (Å²) >= 11 is 0. The van der Waals surface area contributed by atoms with E-state index in [0.29, 0.717) is 12.1 Å². The van der Waals surface area contributed by atoms with Gasteiger partial charge in [0.25, 0.3) is 0 Å². The SMILES string of the molecule is Cc1ccc(C=O)c(C=CCN=[N+]=[N-])c1. The van der Waals surface area contributed by atoms with E-state index < -0.39 is 0 Å². The Bertz CT molecular complexity index is 431. The van der Waals surface area contributed by atoms with Gasteiger partial charge in [0.15, 0.2) is 6.29 Å². The van der Waals surface area contributed by atoms with E-state index in [1.165, 1.54) is 0 Å². The van der Waals surface area contributed by atoms with Crippen molar-refractivity contribution in [3.05, 3.63) is 51.4 Å². The lowest BCUT2D eigenvalue weighted by Crippen LogP contribution is -1.87. The van der Waals surface area contributed by atoms with E-state index in [0.717, 1.165) is 17.4 Å². The molecule has 0 aliphatic carbocycles.